The average molecular weight is 467 g/mol. The molecule has 0 unspecified atom stereocenters. The molecule has 0 atom stereocenters. The molecule has 1 N–H and O–H groups in total. The fourth-order valence-electron chi connectivity index (χ4n) is 2.98. The summed E-state index contributed by atoms with van der Waals surface area (Å²) in [5.74, 6) is 0.384. The van der Waals surface area contributed by atoms with Crippen molar-refractivity contribution in [2.24, 2.45) is 0 Å². The number of nitrogens with zero attached hydrogens (tertiary/aromatic N) is 2. The van der Waals surface area contributed by atoms with Gasteiger partial charge in [-0.2, -0.15) is 0 Å². The van der Waals surface area contributed by atoms with Crippen molar-refractivity contribution in [2.45, 2.75) is 32.4 Å². The number of pyridine rings is 1. The Morgan fingerprint density at radius 2 is 1.96 bits per heavy atom. The summed E-state index contributed by atoms with van der Waals surface area (Å²) in [6, 6.07) is 8.92. The predicted octanol–water partition coefficient (Wildman–Crippen LogP) is 3.82. The van der Waals surface area contributed by atoms with Gasteiger partial charge >= 0.3 is 0 Å². The van der Waals surface area contributed by atoms with E-state index in [9.17, 15) is 9.59 Å². The van der Waals surface area contributed by atoms with Crippen molar-refractivity contribution in [3.8, 4) is 5.75 Å². The summed E-state index contributed by atoms with van der Waals surface area (Å²) in [4.78, 5) is 29.9. The summed E-state index contributed by atoms with van der Waals surface area (Å²) in [7, 11) is 0. The van der Waals surface area contributed by atoms with Crippen LogP contribution in [0.2, 0.25) is 5.02 Å². The minimum absolute atomic E-state index is 0.000668. The fraction of sp³-hybridized carbons (Fsp3) is 0.350. The molecule has 0 saturated carbocycles. The van der Waals surface area contributed by atoms with E-state index >= 15 is 0 Å². The van der Waals surface area contributed by atoms with Crippen LogP contribution in [0.4, 0.5) is 0 Å². The van der Waals surface area contributed by atoms with E-state index in [-0.39, 0.29) is 23.6 Å². The Hall–Kier alpha value is -2.12. The Labute approximate surface area is 177 Å². The van der Waals surface area contributed by atoms with Gasteiger partial charge in [-0.3, -0.25) is 9.59 Å². The van der Waals surface area contributed by atoms with E-state index in [2.05, 4.69) is 26.2 Å². The second-order valence-corrected chi connectivity index (χ2v) is 7.92. The fourth-order valence-corrected chi connectivity index (χ4v) is 3.41. The smallest absolute Gasteiger partial charge is 0.270 e. The molecule has 6 nitrogen and oxygen atoms in total. The van der Waals surface area contributed by atoms with Crippen molar-refractivity contribution >= 4 is 39.3 Å². The van der Waals surface area contributed by atoms with Crippen molar-refractivity contribution < 1.29 is 14.3 Å². The molecule has 0 aliphatic carbocycles. The maximum Gasteiger partial charge on any atom is 0.270 e. The summed E-state index contributed by atoms with van der Waals surface area (Å²) >= 11 is 9.30. The van der Waals surface area contributed by atoms with Gasteiger partial charge < -0.3 is 15.0 Å². The third-order valence-electron chi connectivity index (χ3n) is 4.60. The molecule has 1 aliphatic heterocycles. The Morgan fingerprint density at radius 3 is 2.61 bits per heavy atom. The van der Waals surface area contributed by atoms with Crippen LogP contribution in [0.3, 0.4) is 0 Å². The lowest BCUT2D eigenvalue weighted by Crippen LogP contribution is -2.40. The van der Waals surface area contributed by atoms with Gasteiger partial charge in [0.2, 0.25) is 5.91 Å². The molecular weight excluding hydrogens is 446 g/mol. The molecule has 1 saturated heterocycles. The van der Waals surface area contributed by atoms with Gasteiger partial charge in [0.1, 0.15) is 17.5 Å². The largest absolute Gasteiger partial charge is 0.489 e. The number of rotatable bonds is 5. The number of piperidine rings is 1. The molecule has 1 aromatic heterocycles. The SMILES string of the molecule is CC(=O)N1CCC(Oc2cc(C(=O)NCc3ccc(Cl)cc3)ncc2Br)CC1. The number of carbonyl (C=O) groups is 2. The van der Waals surface area contributed by atoms with Crippen LogP contribution in [0.15, 0.2) is 41.0 Å². The highest BCUT2D eigenvalue weighted by Crippen LogP contribution is 2.28. The van der Waals surface area contributed by atoms with E-state index in [1.807, 2.05) is 17.0 Å². The topological polar surface area (TPSA) is 71.5 Å². The number of nitrogens with one attached hydrogen (secondary N) is 1. The first-order valence-electron chi connectivity index (χ1n) is 9.02. The number of benzene rings is 1. The lowest BCUT2D eigenvalue weighted by Gasteiger charge is -2.31. The van der Waals surface area contributed by atoms with Crippen LogP contribution < -0.4 is 10.1 Å². The van der Waals surface area contributed by atoms with Crippen molar-refractivity contribution in [2.75, 3.05) is 13.1 Å². The van der Waals surface area contributed by atoms with E-state index in [4.69, 9.17) is 16.3 Å². The number of hydrogen-bond donors (Lipinski definition) is 1. The number of likely N-dealkylation sites (tertiary alicyclic amines) is 1. The zero-order valence-corrected chi connectivity index (χ0v) is 17.8. The number of carbonyl (C=O) groups excluding carboxylic acids is 2. The van der Waals surface area contributed by atoms with Gasteiger partial charge in [0.05, 0.1) is 4.47 Å². The minimum Gasteiger partial charge on any atom is -0.489 e. The standard InChI is InChI=1S/C20H21BrClN3O3/c1-13(26)25-8-6-16(7-9-25)28-19-10-18(23-12-17(19)21)20(27)24-11-14-2-4-15(22)5-3-14/h2-5,10,12,16H,6-9,11H2,1H3,(H,24,27). The summed E-state index contributed by atoms with van der Waals surface area (Å²) < 4.78 is 6.75. The Bertz CT molecular complexity index is 852. The monoisotopic (exact) mass is 465 g/mol. The number of ether oxygens (including phenoxy) is 1. The van der Waals surface area contributed by atoms with Crippen LogP contribution in [0.25, 0.3) is 0 Å². The molecule has 3 rings (SSSR count). The van der Waals surface area contributed by atoms with Crippen molar-refractivity contribution in [1.29, 1.82) is 0 Å². The van der Waals surface area contributed by atoms with Crippen molar-refractivity contribution in [3.05, 3.63) is 57.3 Å². The summed E-state index contributed by atoms with van der Waals surface area (Å²) in [5, 5.41) is 3.50. The van der Waals surface area contributed by atoms with Crippen LogP contribution >= 0.6 is 27.5 Å². The molecule has 2 heterocycles. The molecule has 2 amide bonds. The highest BCUT2D eigenvalue weighted by molar-refractivity contribution is 9.10. The number of aromatic nitrogens is 1. The third-order valence-corrected chi connectivity index (χ3v) is 5.45. The maximum absolute atomic E-state index is 12.4. The van der Waals surface area contributed by atoms with E-state index in [0.717, 1.165) is 18.4 Å². The Morgan fingerprint density at radius 1 is 1.29 bits per heavy atom. The van der Waals surface area contributed by atoms with E-state index in [1.165, 1.54) is 0 Å². The molecule has 0 bridgehead atoms. The quantitative estimate of drug-likeness (QED) is 0.727. The predicted molar refractivity (Wildman–Crippen MR) is 110 cm³/mol. The second kappa shape index (κ2) is 9.39. The Balaban J connectivity index is 1.60. The van der Waals surface area contributed by atoms with Gasteiger partial charge in [-0.25, -0.2) is 4.98 Å². The molecule has 8 heteroatoms. The van der Waals surface area contributed by atoms with E-state index < -0.39 is 0 Å². The molecule has 28 heavy (non-hydrogen) atoms. The second-order valence-electron chi connectivity index (χ2n) is 6.63. The van der Waals surface area contributed by atoms with Gasteiger partial charge in [0, 0.05) is 56.7 Å². The van der Waals surface area contributed by atoms with E-state index in [0.29, 0.717) is 34.9 Å². The molecule has 0 spiro atoms. The molecule has 1 aromatic carbocycles. The number of halogens is 2. The Kier molecular flexibility index (Phi) is 6.91. The van der Waals surface area contributed by atoms with Crippen LogP contribution in [-0.4, -0.2) is 40.9 Å². The first kappa shape index (κ1) is 20.6. The van der Waals surface area contributed by atoms with Gasteiger partial charge in [-0.05, 0) is 33.6 Å². The first-order valence-corrected chi connectivity index (χ1v) is 10.2. The average Bonchev–Trinajstić information content (AvgIpc) is 2.69. The van der Waals surface area contributed by atoms with Crippen molar-refractivity contribution in [3.63, 3.8) is 0 Å². The first-order chi connectivity index (χ1) is 13.4. The lowest BCUT2D eigenvalue weighted by molar-refractivity contribution is -0.130. The lowest BCUT2D eigenvalue weighted by atomic mass is 10.1. The zero-order valence-electron chi connectivity index (χ0n) is 15.5. The maximum atomic E-state index is 12.4. The van der Waals surface area contributed by atoms with Crippen LogP contribution in [-0.2, 0) is 11.3 Å². The molecule has 148 valence electrons. The molecule has 2 aromatic rings. The molecular formula is C20H21BrClN3O3. The minimum atomic E-state index is -0.279. The molecule has 0 radical (unpaired) electrons. The van der Waals surface area contributed by atoms with Crippen LogP contribution in [0.1, 0.15) is 35.8 Å². The summed E-state index contributed by atoms with van der Waals surface area (Å²) in [6.45, 7) is 3.32. The zero-order chi connectivity index (χ0) is 20.1. The highest BCUT2D eigenvalue weighted by Gasteiger charge is 2.23. The summed E-state index contributed by atoms with van der Waals surface area (Å²) in [6.07, 6.45) is 3.08. The highest BCUT2D eigenvalue weighted by atomic mass is 79.9. The van der Waals surface area contributed by atoms with Crippen LogP contribution in [0, 0.1) is 0 Å². The normalized spacial score (nSPS) is 14.6. The van der Waals surface area contributed by atoms with Crippen LogP contribution in [0.5, 0.6) is 5.75 Å². The van der Waals surface area contributed by atoms with Gasteiger partial charge in [0.15, 0.2) is 0 Å². The number of hydrogen-bond acceptors (Lipinski definition) is 4. The van der Waals surface area contributed by atoms with Gasteiger partial charge in [-0.15, -0.1) is 0 Å². The molecule has 1 aliphatic rings. The van der Waals surface area contributed by atoms with E-state index in [1.54, 1.807) is 31.3 Å². The summed E-state index contributed by atoms with van der Waals surface area (Å²) in [5.41, 5.74) is 1.23. The number of amides is 2. The van der Waals surface area contributed by atoms with Gasteiger partial charge in [0.25, 0.3) is 5.91 Å². The van der Waals surface area contributed by atoms with Gasteiger partial charge in [-0.1, -0.05) is 23.7 Å². The molecule has 1 fully saturated rings. The van der Waals surface area contributed by atoms with Crippen molar-refractivity contribution in [1.82, 2.24) is 15.2 Å². The third kappa shape index (κ3) is 5.45.